The minimum Gasteiger partial charge on any atom is -0.350 e. The molecule has 1 N–H and O–H groups in total. The maximum Gasteiger partial charge on any atom is 0.416 e. The first kappa shape index (κ1) is 19.5. The maximum atomic E-state index is 12.8. The summed E-state index contributed by atoms with van der Waals surface area (Å²) >= 11 is 2.74. The topological polar surface area (TPSA) is 54.9 Å². The molecule has 3 aromatic rings. The molecule has 0 bridgehead atoms. The number of aromatic nitrogens is 2. The molecule has 0 radical (unpaired) electrons. The number of hydrogen-bond donors (Lipinski definition) is 1. The maximum absolute atomic E-state index is 12.8. The lowest BCUT2D eigenvalue weighted by Gasteiger charge is -2.07. The van der Waals surface area contributed by atoms with E-state index in [1.807, 2.05) is 13.8 Å². The number of thiazole rings is 2. The van der Waals surface area contributed by atoms with Gasteiger partial charge in [0.05, 0.1) is 16.3 Å². The molecule has 0 spiro atoms. The first-order valence-electron chi connectivity index (χ1n) is 8.08. The lowest BCUT2D eigenvalue weighted by molar-refractivity contribution is -0.137. The number of aryl methyl sites for hydroxylation is 2. The van der Waals surface area contributed by atoms with Crippen LogP contribution in [0.15, 0.2) is 29.6 Å². The smallest absolute Gasteiger partial charge is 0.350 e. The van der Waals surface area contributed by atoms with Gasteiger partial charge in [-0.2, -0.15) is 13.2 Å². The molecular weight excluding hydrogens is 395 g/mol. The molecule has 3 rings (SSSR count). The molecule has 2 heterocycles. The van der Waals surface area contributed by atoms with Crippen LogP contribution in [-0.4, -0.2) is 22.4 Å². The molecule has 1 amide bonds. The van der Waals surface area contributed by atoms with Crippen molar-refractivity contribution in [3.8, 4) is 10.6 Å². The summed E-state index contributed by atoms with van der Waals surface area (Å²) in [4.78, 5) is 21.9. The van der Waals surface area contributed by atoms with Crippen LogP contribution in [0.25, 0.3) is 10.6 Å². The molecule has 0 atom stereocenters. The molecule has 0 aliphatic carbocycles. The highest BCUT2D eigenvalue weighted by Crippen LogP contribution is 2.33. The van der Waals surface area contributed by atoms with Gasteiger partial charge in [-0.3, -0.25) is 4.79 Å². The Kier molecular flexibility index (Phi) is 5.61. The Balaban J connectivity index is 1.65. The van der Waals surface area contributed by atoms with Crippen LogP contribution in [0.4, 0.5) is 13.2 Å². The summed E-state index contributed by atoms with van der Waals surface area (Å²) in [5, 5.41) is 5.70. The molecular formula is C18H16F3N3OS2. The number of rotatable bonds is 5. The van der Waals surface area contributed by atoms with Gasteiger partial charge in [-0.05, 0) is 26.0 Å². The number of hydrogen-bond acceptors (Lipinski definition) is 5. The number of nitrogens with one attached hydrogen (secondary N) is 1. The third kappa shape index (κ3) is 4.72. The van der Waals surface area contributed by atoms with Crippen LogP contribution in [-0.2, 0) is 12.6 Å². The van der Waals surface area contributed by atoms with Gasteiger partial charge in [0.25, 0.3) is 5.91 Å². The van der Waals surface area contributed by atoms with Crippen LogP contribution in [0, 0.1) is 13.8 Å². The highest BCUT2D eigenvalue weighted by Gasteiger charge is 2.30. The highest BCUT2D eigenvalue weighted by molar-refractivity contribution is 7.13. The number of halogens is 3. The molecule has 0 saturated heterocycles. The van der Waals surface area contributed by atoms with Gasteiger partial charge in [0.15, 0.2) is 0 Å². The summed E-state index contributed by atoms with van der Waals surface area (Å²) in [7, 11) is 0. The second kappa shape index (κ2) is 7.77. The van der Waals surface area contributed by atoms with Crippen LogP contribution in [0.5, 0.6) is 0 Å². The minimum absolute atomic E-state index is 0.199. The van der Waals surface area contributed by atoms with Gasteiger partial charge in [-0.15, -0.1) is 22.7 Å². The molecule has 0 saturated carbocycles. The Morgan fingerprint density at radius 3 is 2.67 bits per heavy atom. The summed E-state index contributed by atoms with van der Waals surface area (Å²) in [6.45, 7) is 4.31. The van der Waals surface area contributed by atoms with Gasteiger partial charge in [0.2, 0.25) is 0 Å². The standard InChI is InChI=1S/C18H16F3N3OS2/c1-10-15(27-11(2)23-10)6-7-22-16(25)14-9-26-17(24-14)12-4-3-5-13(8-12)18(19,20)21/h3-5,8-9H,6-7H2,1-2H3,(H,22,25). The van der Waals surface area contributed by atoms with E-state index in [1.165, 1.54) is 6.07 Å². The van der Waals surface area contributed by atoms with Gasteiger partial charge in [0.1, 0.15) is 10.7 Å². The van der Waals surface area contributed by atoms with E-state index < -0.39 is 11.7 Å². The molecule has 2 aromatic heterocycles. The summed E-state index contributed by atoms with van der Waals surface area (Å²) < 4.78 is 38.5. The summed E-state index contributed by atoms with van der Waals surface area (Å²) in [6, 6.07) is 4.92. The number of carbonyl (C=O) groups excluding carboxylic acids is 1. The fourth-order valence-electron chi connectivity index (χ4n) is 2.52. The van der Waals surface area contributed by atoms with Crippen molar-refractivity contribution in [2.75, 3.05) is 6.54 Å². The van der Waals surface area contributed by atoms with Crippen molar-refractivity contribution < 1.29 is 18.0 Å². The Morgan fingerprint density at radius 1 is 1.22 bits per heavy atom. The second-order valence-electron chi connectivity index (χ2n) is 5.86. The van der Waals surface area contributed by atoms with Crippen molar-refractivity contribution in [2.45, 2.75) is 26.4 Å². The van der Waals surface area contributed by atoms with Gasteiger partial charge in [-0.1, -0.05) is 12.1 Å². The number of carbonyl (C=O) groups is 1. The molecule has 4 nitrogen and oxygen atoms in total. The van der Waals surface area contributed by atoms with E-state index in [0.29, 0.717) is 23.5 Å². The first-order chi connectivity index (χ1) is 12.7. The molecule has 0 aliphatic heterocycles. The van der Waals surface area contributed by atoms with Crippen molar-refractivity contribution in [2.24, 2.45) is 0 Å². The van der Waals surface area contributed by atoms with Gasteiger partial charge in [-0.25, -0.2) is 9.97 Å². The van der Waals surface area contributed by atoms with E-state index in [0.717, 1.165) is 39.0 Å². The van der Waals surface area contributed by atoms with E-state index in [4.69, 9.17) is 0 Å². The van der Waals surface area contributed by atoms with E-state index in [2.05, 4.69) is 15.3 Å². The van der Waals surface area contributed by atoms with E-state index in [-0.39, 0.29) is 11.6 Å². The van der Waals surface area contributed by atoms with E-state index in [9.17, 15) is 18.0 Å². The number of nitrogens with zero attached hydrogens (tertiary/aromatic N) is 2. The Labute approximate surface area is 162 Å². The van der Waals surface area contributed by atoms with Crippen molar-refractivity contribution in [1.82, 2.24) is 15.3 Å². The zero-order valence-corrected chi connectivity index (χ0v) is 16.2. The number of alkyl halides is 3. The van der Waals surface area contributed by atoms with E-state index >= 15 is 0 Å². The quantitative estimate of drug-likeness (QED) is 0.651. The molecule has 142 valence electrons. The fourth-order valence-corrected chi connectivity index (χ4v) is 4.26. The monoisotopic (exact) mass is 411 g/mol. The molecule has 27 heavy (non-hydrogen) atoms. The van der Waals surface area contributed by atoms with Crippen molar-refractivity contribution in [1.29, 1.82) is 0 Å². The fraction of sp³-hybridized carbons (Fsp3) is 0.278. The SMILES string of the molecule is Cc1nc(C)c(CCNC(=O)c2csc(-c3cccc(C(F)(F)F)c3)n2)s1. The average Bonchev–Trinajstić information content (AvgIpc) is 3.21. The lowest BCUT2D eigenvalue weighted by Crippen LogP contribution is -2.25. The van der Waals surface area contributed by atoms with Gasteiger partial charge in [0, 0.05) is 28.8 Å². The highest BCUT2D eigenvalue weighted by atomic mass is 32.1. The Bertz CT molecular complexity index is 963. The number of amides is 1. The largest absolute Gasteiger partial charge is 0.416 e. The van der Waals surface area contributed by atoms with Crippen LogP contribution in [0.3, 0.4) is 0 Å². The summed E-state index contributed by atoms with van der Waals surface area (Å²) in [5.41, 5.74) is 0.762. The molecule has 0 aliphatic rings. The average molecular weight is 411 g/mol. The predicted octanol–water partition coefficient (Wildman–Crippen LogP) is 4.87. The third-order valence-corrected chi connectivity index (χ3v) is 5.83. The van der Waals surface area contributed by atoms with Crippen molar-refractivity contribution in [3.05, 3.63) is 56.5 Å². The van der Waals surface area contributed by atoms with Gasteiger partial charge >= 0.3 is 6.18 Å². The van der Waals surface area contributed by atoms with Crippen LogP contribution < -0.4 is 5.32 Å². The Hall–Kier alpha value is -2.26. The third-order valence-electron chi connectivity index (χ3n) is 3.81. The van der Waals surface area contributed by atoms with E-state index in [1.54, 1.807) is 22.8 Å². The summed E-state index contributed by atoms with van der Waals surface area (Å²) in [5.74, 6) is -0.344. The minimum atomic E-state index is -4.42. The Morgan fingerprint density at radius 2 is 2.00 bits per heavy atom. The van der Waals surface area contributed by atoms with Crippen LogP contribution in [0.2, 0.25) is 0 Å². The molecule has 1 aromatic carbocycles. The summed E-state index contributed by atoms with van der Waals surface area (Å²) in [6.07, 6.45) is -3.74. The molecule has 9 heteroatoms. The predicted molar refractivity (Wildman–Crippen MR) is 100 cm³/mol. The van der Waals surface area contributed by atoms with Crippen LogP contribution >= 0.6 is 22.7 Å². The van der Waals surface area contributed by atoms with Crippen molar-refractivity contribution in [3.63, 3.8) is 0 Å². The van der Waals surface area contributed by atoms with Crippen LogP contribution in [0.1, 0.15) is 31.6 Å². The molecule has 0 fully saturated rings. The zero-order chi connectivity index (χ0) is 19.6. The normalized spacial score (nSPS) is 11.6. The number of benzene rings is 1. The van der Waals surface area contributed by atoms with Crippen molar-refractivity contribution >= 4 is 28.6 Å². The first-order valence-corrected chi connectivity index (χ1v) is 9.78. The molecule has 0 unspecified atom stereocenters. The lowest BCUT2D eigenvalue weighted by atomic mass is 10.1. The van der Waals surface area contributed by atoms with Gasteiger partial charge < -0.3 is 5.32 Å². The zero-order valence-electron chi connectivity index (χ0n) is 14.6. The second-order valence-corrected chi connectivity index (χ2v) is 8.01.